The number of carbonyl (C=O) groups is 1. The van der Waals surface area contributed by atoms with Crippen LogP contribution in [0.1, 0.15) is 15.9 Å². The number of halogens is 1. The van der Waals surface area contributed by atoms with E-state index >= 15 is 0 Å². The van der Waals surface area contributed by atoms with Gasteiger partial charge in [0.15, 0.2) is 11.5 Å². The zero-order valence-electron chi connectivity index (χ0n) is 16.2. The van der Waals surface area contributed by atoms with Gasteiger partial charge in [-0.25, -0.2) is 4.39 Å². The first-order valence-corrected chi connectivity index (χ1v) is 9.53. The minimum Gasteiger partial charge on any atom is -0.454 e. The average molecular weight is 417 g/mol. The second-order valence-corrected chi connectivity index (χ2v) is 6.85. The summed E-state index contributed by atoms with van der Waals surface area (Å²) in [7, 11) is 0. The number of nitrogens with one attached hydrogen (secondary N) is 1. The van der Waals surface area contributed by atoms with Crippen LogP contribution in [0.4, 0.5) is 4.39 Å². The largest absolute Gasteiger partial charge is 0.454 e. The molecule has 1 aliphatic rings. The third kappa shape index (κ3) is 3.83. The van der Waals surface area contributed by atoms with Gasteiger partial charge in [-0.3, -0.25) is 4.79 Å². The summed E-state index contributed by atoms with van der Waals surface area (Å²) < 4.78 is 29.2. The van der Waals surface area contributed by atoms with Gasteiger partial charge in [-0.05, 0) is 54.1 Å². The minimum absolute atomic E-state index is 0.197. The van der Waals surface area contributed by atoms with Crippen LogP contribution in [0.25, 0.3) is 22.8 Å². The molecular weight excluding hydrogens is 401 g/mol. The predicted molar refractivity (Wildman–Crippen MR) is 109 cm³/mol. The minimum atomic E-state index is -0.350. The van der Waals surface area contributed by atoms with Crippen LogP contribution in [0, 0.1) is 5.82 Å². The van der Waals surface area contributed by atoms with E-state index in [1.807, 2.05) is 18.2 Å². The van der Waals surface area contributed by atoms with Crippen molar-refractivity contribution in [2.24, 2.45) is 0 Å². The van der Waals surface area contributed by atoms with Crippen molar-refractivity contribution in [3.63, 3.8) is 0 Å². The van der Waals surface area contributed by atoms with E-state index in [0.29, 0.717) is 40.6 Å². The quantitative estimate of drug-likeness (QED) is 0.524. The monoisotopic (exact) mass is 417 g/mol. The topological polar surface area (TPSA) is 86.5 Å². The third-order valence-corrected chi connectivity index (χ3v) is 4.82. The van der Waals surface area contributed by atoms with E-state index in [1.165, 1.54) is 12.1 Å². The molecule has 2 heterocycles. The number of benzene rings is 3. The van der Waals surface area contributed by atoms with Gasteiger partial charge in [0.05, 0.1) is 11.1 Å². The zero-order chi connectivity index (χ0) is 21.2. The molecule has 5 rings (SSSR count). The smallest absolute Gasteiger partial charge is 0.259 e. The Balaban J connectivity index is 1.35. The van der Waals surface area contributed by atoms with E-state index in [1.54, 1.807) is 36.4 Å². The molecule has 0 unspecified atom stereocenters. The lowest BCUT2D eigenvalue weighted by Crippen LogP contribution is -2.23. The van der Waals surface area contributed by atoms with Gasteiger partial charge < -0.3 is 19.3 Å². The summed E-state index contributed by atoms with van der Waals surface area (Å²) >= 11 is 0. The summed E-state index contributed by atoms with van der Waals surface area (Å²) in [5.74, 6) is 1.23. The number of amides is 1. The highest BCUT2D eigenvalue weighted by Crippen LogP contribution is 2.32. The van der Waals surface area contributed by atoms with Crippen molar-refractivity contribution in [3.05, 3.63) is 83.7 Å². The van der Waals surface area contributed by atoms with Crippen molar-refractivity contribution < 1.29 is 23.2 Å². The van der Waals surface area contributed by atoms with Gasteiger partial charge in [0.25, 0.3) is 11.8 Å². The second kappa shape index (κ2) is 7.91. The van der Waals surface area contributed by atoms with E-state index in [4.69, 9.17) is 14.0 Å². The Bertz CT molecular complexity index is 1250. The van der Waals surface area contributed by atoms with Crippen LogP contribution in [0.15, 0.2) is 71.3 Å². The molecule has 31 heavy (non-hydrogen) atoms. The maximum Gasteiger partial charge on any atom is 0.259 e. The molecule has 3 aromatic carbocycles. The molecule has 0 spiro atoms. The highest BCUT2D eigenvalue weighted by molar-refractivity contribution is 6.00. The molecule has 0 bridgehead atoms. The summed E-state index contributed by atoms with van der Waals surface area (Å²) in [5.41, 5.74) is 2.40. The molecule has 1 aliphatic heterocycles. The van der Waals surface area contributed by atoms with Gasteiger partial charge in [-0.15, -0.1) is 0 Å². The van der Waals surface area contributed by atoms with E-state index in [9.17, 15) is 9.18 Å². The Morgan fingerprint density at radius 1 is 1.00 bits per heavy atom. The number of fused-ring (bicyclic) bond motifs is 1. The average Bonchev–Trinajstić information content (AvgIpc) is 3.47. The number of ether oxygens (including phenoxy) is 2. The van der Waals surface area contributed by atoms with Crippen LogP contribution in [-0.4, -0.2) is 22.8 Å². The highest BCUT2D eigenvalue weighted by atomic mass is 19.1. The van der Waals surface area contributed by atoms with Crippen LogP contribution >= 0.6 is 0 Å². The molecule has 0 saturated heterocycles. The van der Waals surface area contributed by atoms with E-state index < -0.39 is 0 Å². The lowest BCUT2D eigenvalue weighted by Gasteiger charge is -2.08. The molecule has 1 aromatic heterocycles. The fourth-order valence-electron chi connectivity index (χ4n) is 3.25. The molecule has 0 aliphatic carbocycles. The first-order valence-electron chi connectivity index (χ1n) is 9.53. The van der Waals surface area contributed by atoms with E-state index in [-0.39, 0.29) is 24.4 Å². The molecule has 1 N–H and O–H groups in total. The van der Waals surface area contributed by atoms with Crippen LogP contribution in [0.5, 0.6) is 11.5 Å². The fourth-order valence-corrected chi connectivity index (χ4v) is 3.25. The van der Waals surface area contributed by atoms with Gasteiger partial charge in [0.2, 0.25) is 12.6 Å². The van der Waals surface area contributed by atoms with Crippen LogP contribution < -0.4 is 14.8 Å². The molecule has 0 radical (unpaired) electrons. The first-order chi connectivity index (χ1) is 15.2. The number of hydrogen-bond donors (Lipinski definition) is 1. The molecule has 0 fully saturated rings. The SMILES string of the molecule is O=C(NCc1ccc2c(c1)OCO2)c1ccccc1-c1nc(-c2ccc(F)cc2)no1. The Morgan fingerprint density at radius 3 is 2.68 bits per heavy atom. The van der Waals surface area contributed by atoms with E-state index in [0.717, 1.165) is 5.56 Å². The van der Waals surface area contributed by atoms with Crippen molar-refractivity contribution in [3.8, 4) is 34.3 Å². The number of carbonyl (C=O) groups excluding carboxylic acids is 1. The first kappa shape index (κ1) is 18.8. The van der Waals surface area contributed by atoms with Crippen LogP contribution in [0.2, 0.25) is 0 Å². The third-order valence-electron chi connectivity index (χ3n) is 4.82. The maximum absolute atomic E-state index is 13.2. The number of hydrogen-bond acceptors (Lipinski definition) is 6. The normalized spacial score (nSPS) is 12.0. The van der Waals surface area contributed by atoms with Gasteiger partial charge in [0.1, 0.15) is 5.82 Å². The zero-order valence-corrected chi connectivity index (χ0v) is 16.2. The van der Waals surface area contributed by atoms with Crippen molar-refractivity contribution in [1.29, 1.82) is 0 Å². The van der Waals surface area contributed by atoms with Gasteiger partial charge in [0, 0.05) is 12.1 Å². The lowest BCUT2D eigenvalue weighted by molar-refractivity contribution is 0.0951. The molecule has 0 atom stereocenters. The predicted octanol–water partition coefficient (Wildman–Crippen LogP) is 4.20. The fraction of sp³-hybridized carbons (Fsp3) is 0.0870. The molecular formula is C23H16FN3O4. The number of aromatic nitrogens is 2. The van der Waals surface area contributed by atoms with Crippen molar-refractivity contribution in [1.82, 2.24) is 15.5 Å². The molecule has 7 nitrogen and oxygen atoms in total. The summed E-state index contributed by atoms with van der Waals surface area (Å²) in [6, 6.07) is 18.3. The molecule has 8 heteroatoms. The maximum atomic E-state index is 13.2. The summed E-state index contributed by atoms with van der Waals surface area (Å²) in [6.07, 6.45) is 0. The molecule has 0 saturated carbocycles. The number of rotatable bonds is 5. The van der Waals surface area contributed by atoms with Crippen molar-refractivity contribution >= 4 is 5.91 Å². The van der Waals surface area contributed by atoms with Crippen molar-refractivity contribution in [2.75, 3.05) is 6.79 Å². The van der Waals surface area contributed by atoms with Crippen LogP contribution in [0.3, 0.4) is 0 Å². The molecule has 4 aromatic rings. The summed E-state index contributed by atoms with van der Waals surface area (Å²) in [5, 5.41) is 6.85. The van der Waals surface area contributed by atoms with Crippen molar-refractivity contribution in [2.45, 2.75) is 6.54 Å². The van der Waals surface area contributed by atoms with Gasteiger partial charge in [-0.1, -0.05) is 23.4 Å². The number of nitrogens with zero attached hydrogens (tertiary/aromatic N) is 2. The lowest BCUT2D eigenvalue weighted by atomic mass is 10.1. The molecule has 154 valence electrons. The Hall–Kier alpha value is -4.20. The highest BCUT2D eigenvalue weighted by Gasteiger charge is 2.19. The second-order valence-electron chi connectivity index (χ2n) is 6.85. The Kier molecular flexibility index (Phi) is 4.80. The Labute approximate surface area is 176 Å². The van der Waals surface area contributed by atoms with Crippen LogP contribution in [-0.2, 0) is 6.54 Å². The van der Waals surface area contributed by atoms with Gasteiger partial charge in [-0.2, -0.15) is 4.98 Å². The van der Waals surface area contributed by atoms with Gasteiger partial charge >= 0.3 is 0 Å². The molecule has 1 amide bonds. The summed E-state index contributed by atoms with van der Waals surface area (Å²) in [6.45, 7) is 0.511. The Morgan fingerprint density at radius 2 is 1.81 bits per heavy atom. The standard InChI is InChI=1S/C23H16FN3O4/c24-16-8-6-15(7-9-16)21-26-23(31-27-21)18-4-2-1-3-17(18)22(28)25-12-14-5-10-19-20(11-14)30-13-29-19/h1-11H,12-13H2,(H,25,28). The van der Waals surface area contributed by atoms with E-state index in [2.05, 4.69) is 15.5 Å². The summed E-state index contributed by atoms with van der Waals surface area (Å²) in [4.78, 5) is 17.2.